The Morgan fingerprint density at radius 3 is 2.62 bits per heavy atom. The van der Waals surface area contributed by atoms with Gasteiger partial charge in [0, 0.05) is 23.2 Å². The highest BCUT2D eigenvalue weighted by Gasteiger charge is 2.28. The number of ether oxygens (including phenoxy) is 2. The topological polar surface area (TPSA) is 73.6 Å². The summed E-state index contributed by atoms with van der Waals surface area (Å²) in [5.41, 5.74) is 7.53. The van der Waals surface area contributed by atoms with Gasteiger partial charge in [-0.2, -0.15) is 0 Å². The predicted molar refractivity (Wildman–Crippen MR) is 102 cm³/mol. The summed E-state index contributed by atoms with van der Waals surface area (Å²) in [5.74, 6) is 1.48. The van der Waals surface area contributed by atoms with Crippen LogP contribution in [0.15, 0.2) is 42.5 Å². The first-order valence-corrected chi connectivity index (χ1v) is 9.03. The first-order chi connectivity index (χ1) is 12.6. The Bertz CT molecular complexity index is 760. The second kappa shape index (κ2) is 8.43. The van der Waals surface area contributed by atoms with Gasteiger partial charge >= 0.3 is 0 Å². The molecule has 3 rings (SSSR count). The number of halogens is 1. The first-order valence-electron chi connectivity index (χ1n) is 8.66. The maximum atomic E-state index is 12.3. The van der Waals surface area contributed by atoms with Crippen LogP contribution in [0.25, 0.3) is 0 Å². The Morgan fingerprint density at radius 1 is 1.23 bits per heavy atom. The number of carbonyl (C=O) groups excluding carboxylic acids is 1. The summed E-state index contributed by atoms with van der Waals surface area (Å²) in [6.45, 7) is 0.871. The van der Waals surface area contributed by atoms with Crippen LogP contribution in [0, 0.1) is 5.92 Å². The number of rotatable bonds is 8. The molecule has 0 radical (unpaired) electrons. The van der Waals surface area contributed by atoms with Crippen LogP contribution in [0.2, 0.25) is 5.02 Å². The third kappa shape index (κ3) is 4.90. The number of benzene rings is 2. The van der Waals surface area contributed by atoms with Crippen LogP contribution in [-0.2, 0) is 6.61 Å². The van der Waals surface area contributed by atoms with Crippen molar-refractivity contribution in [2.45, 2.75) is 25.5 Å². The molecule has 2 aromatic carbocycles. The molecule has 1 amide bonds. The number of hydrogen-bond acceptors (Lipinski definition) is 4. The Hall–Kier alpha value is -2.24. The summed E-state index contributed by atoms with van der Waals surface area (Å²) >= 11 is 5.88. The van der Waals surface area contributed by atoms with E-state index in [1.54, 1.807) is 25.3 Å². The average molecular weight is 375 g/mol. The van der Waals surface area contributed by atoms with Crippen molar-refractivity contribution in [2.75, 3.05) is 13.7 Å². The molecule has 1 fully saturated rings. The molecule has 138 valence electrons. The smallest absolute Gasteiger partial charge is 0.251 e. The molecular weight excluding hydrogens is 352 g/mol. The van der Waals surface area contributed by atoms with Crippen LogP contribution >= 0.6 is 11.6 Å². The highest BCUT2D eigenvalue weighted by atomic mass is 35.5. The van der Waals surface area contributed by atoms with E-state index in [2.05, 4.69) is 5.32 Å². The zero-order valence-electron chi connectivity index (χ0n) is 14.7. The molecule has 2 aromatic rings. The molecule has 0 heterocycles. The van der Waals surface area contributed by atoms with E-state index in [9.17, 15) is 4.79 Å². The van der Waals surface area contributed by atoms with Crippen molar-refractivity contribution in [3.8, 4) is 11.5 Å². The lowest BCUT2D eigenvalue weighted by Crippen LogP contribution is -2.38. The van der Waals surface area contributed by atoms with Crippen molar-refractivity contribution in [3.05, 3.63) is 58.6 Å². The molecule has 3 N–H and O–H groups in total. The maximum absolute atomic E-state index is 12.3. The third-order valence-corrected chi connectivity index (χ3v) is 4.71. The lowest BCUT2D eigenvalue weighted by atomic mass is 10.1. The van der Waals surface area contributed by atoms with Crippen molar-refractivity contribution < 1.29 is 14.3 Å². The normalized spacial score (nSPS) is 14.6. The van der Waals surface area contributed by atoms with Gasteiger partial charge in [-0.3, -0.25) is 4.79 Å². The van der Waals surface area contributed by atoms with E-state index in [4.69, 9.17) is 26.8 Å². The molecular formula is C20H23ClN2O3. The highest BCUT2D eigenvalue weighted by Crippen LogP contribution is 2.31. The monoisotopic (exact) mass is 374 g/mol. The summed E-state index contributed by atoms with van der Waals surface area (Å²) in [7, 11) is 1.55. The zero-order valence-corrected chi connectivity index (χ0v) is 15.5. The molecule has 1 aliphatic carbocycles. The van der Waals surface area contributed by atoms with Crippen LogP contribution in [0.1, 0.15) is 28.8 Å². The van der Waals surface area contributed by atoms with Crippen molar-refractivity contribution in [1.29, 1.82) is 0 Å². The quantitative estimate of drug-likeness (QED) is 0.742. The van der Waals surface area contributed by atoms with E-state index in [1.807, 2.05) is 24.3 Å². The highest BCUT2D eigenvalue weighted by molar-refractivity contribution is 6.30. The van der Waals surface area contributed by atoms with Crippen molar-refractivity contribution >= 4 is 17.5 Å². The summed E-state index contributed by atoms with van der Waals surface area (Å²) in [4.78, 5) is 12.3. The molecule has 1 saturated carbocycles. The van der Waals surface area contributed by atoms with Crippen molar-refractivity contribution in [2.24, 2.45) is 11.7 Å². The van der Waals surface area contributed by atoms with Gasteiger partial charge in [0.15, 0.2) is 11.5 Å². The molecule has 26 heavy (non-hydrogen) atoms. The van der Waals surface area contributed by atoms with E-state index in [1.165, 1.54) is 0 Å². The number of methoxy groups -OCH3 is 1. The fourth-order valence-corrected chi connectivity index (χ4v) is 2.80. The molecule has 0 aromatic heterocycles. The van der Waals surface area contributed by atoms with Crippen LogP contribution < -0.4 is 20.5 Å². The zero-order chi connectivity index (χ0) is 18.5. The average Bonchev–Trinajstić information content (AvgIpc) is 3.50. The molecule has 0 bridgehead atoms. The summed E-state index contributed by atoms with van der Waals surface area (Å²) < 4.78 is 11.2. The molecule has 5 nitrogen and oxygen atoms in total. The minimum absolute atomic E-state index is 0.0304. The summed E-state index contributed by atoms with van der Waals surface area (Å²) in [5, 5.41) is 3.56. The minimum Gasteiger partial charge on any atom is -0.493 e. The van der Waals surface area contributed by atoms with Gasteiger partial charge in [0.2, 0.25) is 0 Å². The van der Waals surface area contributed by atoms with Gasteiger partial charge in [-0.15, -0.1) is 0 Å². The van der Waals surface area contributed by atoms with Gasteiger partial charge in [-0.1, -0.05) is 23.7 Å². The summed E-state index contributed by atoms with van der Waals surface area (Å²) in [6, 6.07) is 12.6. The van der Waals surface area contributed by atoms with Gasteiger partial charge in [0.05, 0.1) is 7.11 Å². The van der Waals surface area contributed by atoms with E-state index in [0.29, 0.717) is 41.2 Å². The number of nitrogens with two attached hydrogens (primary N) is 1. The molecule has 6 heteroatoms. The van der Waals surface area contributed by atoms with E-state index in [-0.39, 0.29) is 11.9 Å². The molecule has 0 aliphatic heterocycles. The molecule has 1 unspecified atom stereocenters. The van der Waals surface area contributed by atoms with Crippen molar-refractivity contribution in [1.82, 2.24) is 5.32 Å². The molecule has 0 saturated heterocycles. The Balaban J connectivity index is 1.60. The van der Waals surface area contributed by atoms with E-state index < -0.39 is 0 Å². The van der Waals surface area contributed by atoms with Gasteiger partial charge in [-0.05, 0) is 54.7 Å². The fourth-order valence-electron chi connectivity index (χ4n) is 2.67. The second-order valence-electron chi connectivity index (χ2n) is 6.49. The standard InChI is InChI=1S/C20H23ClN2O3/c1-25-19-10-15(20(24)23-11-17(22)14-4-5-14)6-9-18(19)26-12-13-2-7-16(21)8-3-13/h2-3,6-10,14,17H,4-5,11-12,22H2,1H3,(H,23,24). The first kappa shape index (κ1) is 18.5. The maximum Gasteiger partial charge on any atom is 0.251 e. The number of carbonyl (C=O) groups is 1. The van der Waals surface area contributed by atoms with Gasteiger partial charge in [0.1, 0.15) is 6.61 Å². The van der Waals surface area contributed by atoms with Crippen molar-refractivity contribution in [3.63, 3.8) is 0 Å². The van der Waals surface area contributed by atoms with E-state index >= 15 is 0 Å². The summed E-state index contributed by atoms with van der Waals surface area (Å²) in [6.07, 6.45) is 2.31. The van der Waals surface area contributed by atoms with Crippen LogP contribution in [0.4, 0.5) is 0 Å². The van der Waals surface area contributed by atoms with Crippen LogP contribution in [0.5, 0.6) is 11.5 Å². The van der Waals surface area contributed by atoms with Gasteiger partial charge in [-0.25, -0.2) is 0 Å². The van der Waals surface area contributed by atoms with Gasteiger partial charge < -0.3 is 20.5 Å². The molecule has 1 aliphatic rings. The van der Waals surface area contributed by atoms with Gasteiger partial charge in [0.25, 0.3) is 5.91 Å². The van der Waals surface area contributed by atoms with E-state index in [0.717, 1.165) is 18.4 Å². The Morgan fingerprint density at radius 2 is 1.96 bits per heavy atom. The number of nitrogens with one attached hydrogen (secondary N) is 1. The largest absolute Gasteiger partial charge is 0.493 e. The second-order valence-corrected chi connectivity index (χ2v) is 6.93. The minimum atomic E-state index is -0.163. The van der Waals surface area contributed by atoms with Crippen LogP contribution in [-0.4, -0.2) is 25.6 Å². The third-order valence-electron chi connectivity index (χ3n) is 4.46. The lowest BCUT2D eigenvalue weighted by Gasteiger charge is -2.14. The number of hydrogen-bond donors (Lipinski definition) is 2. The SMILES string of the molecule is COc1cc(C(=O)NCC(N)C2CC2)ccc1OCc1ccc(Cl)cc1. The Kier molecular flexibility index (Phi) is 6.01. The number of amides is 1. The molecule has 0 spiro atoms. The predicted octanol–water partition coefficient (Wildman–Crippen LogP) is 3.39. The van der Waals surface area contributed by atoms with Crippen LogP contribution in [0.3, 0.4) is 0 Å². The fraction of sp³-hybridized carbons (Fsp3) is 0.350. The molecule has 1 atom stereocenters. The Labute approximate surface area is 158 Å². The lowest BCUT2D eigenvalue weighted by molar-refractivity contribution is 0.0950.